The van der Waals surface area contributed by atoms with E-state index < -0.39 is 0 Å². The van der Waals surface area contributed by atoms with Crippen LogP contribution in [-0.2, 0) is 11.3 Å². The van der Waals surface area contributed by atoms with Crippen LogP contribution < -0.4 is 10.1 Å². The number of benzene rings is 2. The van der Waals surface area contributed by atoms with Gasteiger partial charge in [0.2, 0.25) is 0 Å². The van der Waals surface area contributed by atoms with Crippen molar-refractivity contribution in [2.24, 2.45) is 4.99 Å². The lowest BCUT2D eigenvalue weighted by atomic mass is 10.2. The molecule has 0 aromatic heterocycles. The number of aliphatic imine (C=N–C) groups is 1. The van der Waals surface area contributed by atoms with Crippen LogP contribution in [0.3, 0.4) is 0 Å². The van der Waals surface area contributed by atoms with E-state index in [0.717, 1.165) is 11.1 Å². The van der Waals surface area contributed by atoms with Gasteiger partial charge in [-0.2, -0.15) is 0 Å². The summed E-state index contributed by atoms with van der Waals surface area (Å²) in [4.78, 5) is 17.0. The number of nitrogens with zero attached hydrogens (tertiary/aromatic N) is 1. The Hall–Kier alpha value is -2.73. The number of carbonyl (C=O) groups excluding carboxylic acids is 1. The molecule has 0 bridgehead atoms. The van der Waals surface area contributed by atoms with Crippen LogP contribution in [0.2, 0.25) is 0 Å². The van der Waals surface area contributed by atoms with E-state index in [1.165, 1.54) is 24.9 Å². The molecule has 2 N–H and O–H groups in total. The summed E-state index contributed by atoms with van der Waals surface area (Å²) in [6.07, 6.45) is 1.74. The zero-order valence-electron chi connectivity index (χ0n) is 13.0. The second-order valence-electron chi connectivity index (χ2n) is 5.10. The average Bonchev–Trinajstić information content (AvgIpc) is 2.95. The largest absolute Gasteiger partial charge is 0.504 e. The molecule has 1 aliphatic heterocycles. The molecule has 0 aliphatic carbocycles. The van der Waals surface area contributed by atoms with Gasteiger partial charge in [-0.05, 0) is 41.1 Å². The number of ether oxygens (including phenoxy) is 1. The van der Waals surface area contributed by atoms with Crippen molar-refractivity contribution in [2.75, 3.05) is 7.11 Å². The number of methoxy groups -OCH3 is 1. The molecule has 2 aromatic carbocycles. The highest BCUT2D eigenvalue weighted by Gasteiger charge is 2.23. The molecular weight excluding hydrogens is 324 g/mol. The molecule has 3 rings (SSSR count). The van der Waals surface area contributed by atoms with E-state index in [1.54, 1.807) is 18.2 Å². The number of phenols is 1. The lowest BCUT2D eigenvalue weighted by Crippen LogP contribution is -2.19. The first-order valence-corrected chi connectivity index (χ1v) is 8.13. The van der Waals surface area contributed by atoms with Crippen LogP contribution in [0.25, 0.3) is 6.08 Å². The first-order valence-electron chi connectivity index (χ1n) is 7.32. The Morgan fingerprint density at radius 3 is 2.79 bits per heavy atom. The SMILES string of the molecule is COc1cc(C=C2SC(=NCc3ccccc3)NC2=O)ccc1O. The number of amidine groups is 1. The quantitative estimate of drug-likeness (QED) is 0.839. The number of carbonyl (C=O) groups is 1. The van der Waals surface area contributed by atoms with Gasteiger partial charge in [-0.15, -0.1) is 0 Å². The van der Waals surface area contributed by atoms with Crippen LogP contribution in [0.4, 0.5) is 0 Å². The summed E-state index contributed by atoms with van der Waals surface area (Å²) in [7, 11) is 1.48. The van der Waals surface area contributed by atoms with Crippen LogP contribution in [-0.4, -0.2) is 23.3 Å². The smallest absolute Gasteiger partial charge is 0.264 e. The van der Waals surface area contributed by atoms with Gasteiger partial charge in [0.25, 0.3) is 5.91 Å². The molecule has 0 radical (unpaired) electrons. The predicted molar refractivity (Wildman–Crippen MR) is 96.0 cm³/mol. The molecule has 0 spiro atoms. The number of amides is 1. The first kappa shape index (κ1) is 16.1. The summed E-state index contributed by atoms with van der Waals surface area (Å²) < 4.78 is 5.08. The molecule has 2 aromatic rings. The lowest BCUT2D eigenvalue weighted by Gasteiger charge is -2.03. The monoisotopic (exact) mass is 340 g/mol. The van der Waals surface area contributed by atoms with Gasteiger partial charge in [-0.25, -0.2) is 0 Å². The minimum absolute atomic E-state index is 0.0632. The molecule has 0 atom stereocenters. The zero-order chi connectivity index (χ0) is 16.9. The van der Waals surface area contributed by atoms with Gasteiger partial charge in [-0.1, -0.05) is 36.4 Å². The molecule has 1 saturated heterocycles. The Morgan fingerprint density at radius 1 is 1.25 bits per heavy atom. The van der Waals surface area contributed by atoms with Crippen molar-refractivity contribution in [3.05, 3.63) is 64.6 Å². The van der Waals surface area contributed by atoms with Crippen LogP contribution in [0.5, 0.6) is 11.5 Å². The second kappa shape index (κ2) is 7.23. The van der Waals surface area contributed by atoms with Crippen LogP contribution in [0.1, 0.15) is 11.1 Å². The van der Waals surface area contributed by atoms with Crippen LogP contribution in [0.15, 0.2) is 58.4 Å². The van der Waals surface area contributed by atoms with Gasteiger partial charge in [0, 0.05) is 0 Å². The summed E-state index contributed by atoms with van der Waals surface area (Å²) in [6.45, 7) is 0.518. The molecule has 1 amide bonds. The molecule has 1 fully saturated rings. The topological polar surface area (TPSA) is 70.9 Å². The standard InChI is InChI=1S/C18H16N2O3S/c1-23-15-9-13(7-8-14(15)21)10-16-17(22)20-18(24-16)19-11-12-5-3-2-4-6-12/h2-10,21H,11H2,1H3,(H,19,20,22). The number of nitrogens with one attached hydrogen (secondary N) is 1. The van der Waals surface area contributed by atoms with E-state index in [0.29, 0.717) is 22.4 Å². The third-order valence-electron chi connectivity index (χ3n) is 3.40. The molecule has 122 valence electrons. The highest BCUT2D eigenvalue weighted by atomic mass is 32.2. The summed E-state index contributed by atoms with van der Waals surface area (Å²) >= 11 is 1.30. The maximum Gasteiger partial charge on any atom is 0.264 e. The van der Waals surface area contributed by atoms with Gasteiger partial charge in [0.1, 0.15) is 0 Å². The minimum atomic E-state index is -0.182. The fourth-order valence-corrected chi connectivity index (χ4v) is 3.00. The van der Waals surface area contributed by atoms with E-state index in [1.807, 2.05) is 30.3 Å². The first-order chi connectivity index (χ1) is 11.7. The Labute approximate surface area is 144 Å². The number of aromatic hydroxyl groups is 1. The number of thioether (sulfide) groups is 1. The summed E-state index contributed by atoms with van der Waals surface area (Å²) in [5.74, 6) is 0.248. The number of rotatable bonds is 4. The van der Waals surface area contributed by atoms with Crippen molar-refractivity contribution in [1.82, 2.24) is 5.32 Å². The molecular formula is C18H16N2O3S. The normalized spacial score (nSPS) is 17.3. The minimum Gasteiger partial charge on any atom is -0.504 e. The summed E-state index contributed by atoms with van der Waals surface area (Å²) in [5.41, 5.74) is 1.85. The molecule has 1 heterocycles. The van der Waals surface area contributed by atoms with Crippen molar-refractivity contribution in [3.63, 3.8) is 0 Å². The molecule has 0 saturated carbocycles. The van der Waals surface area contributed by atoms with E-state index in [9.17, 15) is 9.90 Å². The number of hydrogen-bond donors (Lipinski definition) is 2. The Kier molecular flexibility index (Phi) is 4.86. The number of phenolic OH excluding ortho intramolecular Hbond substituents is 1. The summed E-state index contributed by atoms with van der Waals surface area (Å²) in [6, 6.07) is 14.8. The third-order valence-corrected chi connectivity index (χ3v) is 4.35. The van der Waals surface area contributed by atoms with Gasteiger partial charge in [0.15, 0.2) is 16.7 Å². The molecule has 1 aliphatic rings. The molecule has 6 heteroatoms. The van der Waals surface area contributed by atoms with Crippen LogP contribution >= 0.6 is 11.8 Å². The van der Waals surface area contributed by atoms with Gasteiger partial charge in [-0.3, -0.25) is 9.79 Å². The number of hydrogen-bond acceptors (Lipinski definition) is 5. The lowest BCUT2D eigenvalue weighted by molar-refractivity contribution is -0.115. The zero-order valence-corrected chi connectivity index (χ0v) is 13.8. The van der Waals surface area contributed by atoms with E-state index >= 15 is 0 Å². The Morgan fingerprint density at radius 2 is 2.04 bits per heavy atom. The highest BCUT2D eigenvalue weighted by Crippen LogP contribution is 2.30. The van der Waals surface area contributed by atoms with Gasteiger partial charge in [0.05, 0.1) is 18.6 Å². The van der Waals surface area contributed by atoms with Gasteiger partial charge < -0.3 is 15.2 Å². The Bertz CT molecular complexity index is 816. The van der Waals surface area contributed by atoms with Crippen molar-refractivity contribution in [2.45, 2.75) is 6.54 Å². The molecule has 24 heavy (non-hydrogen) atoms. The van der Waals surface area contributed by atoms with Gasteiger partial charge >= 0.3 is 0 Å². The second-order valence-corrected chi connectivity index (χ2v) is 6.13. The molecule has 0 unspecified atom stereocenters. The van der Waals surface area contributed by atoms with Crippen LogP contribution in [0, 0.1) is 0 Å². The maximum atomic E-state index is 12.1. The fourth-order valence-electron chi connectivity index (χ4n) is 2.18. The van der Waals surface area contributed by atoms with E-state index in [-0.39, 0.29) is 11.7 Å². The highest BCUT2D eigenvalue weighted by molar-refractivity contribution is 8.18. The molecule has 5 nitrogen and oxygen atoms in total. The van der Waals surface area contributed by atoms with Crippen molar-refractivity contribution in [3.8, 4) is 11.5 Å². The van der Waals surface area contributed by atoms with E-state index in [2.05, 4.69) is 10.3 Å². The van der Waals surface area contributed by atoms with Crippen molar-refractivity contribution < 1.29 is 14.6 Å². The third kappa shape index (κ3) is 3.78. The average molecular weight is 340 g/mol. The van der Waals surface area contributed by atoms with E-state index in [4.69, 9.17) is 4.74 Å². The predicted octanol–water partition coefficient (Wildman–Crippen LogP) is 3.16. The summed E-state index contributed by atoms with van der Waals surface area (Å²) in [5, 5.41) is 13.0. The fraction of sp³-hybridized carbons (Fsp3) is 0.111. The van der Waals surface area contributed by atoms with Crippen molar-refractivity contribution >= 4 is 28.9 Å². The maximum absolute atomic E-state index is 12.1. The Balaban J connectivity index is 1.75. The van der Waals surface area contributed by atoms with Crippen molar-refractivity contribution in [1.29, 1.82) is 0 Å².